The van der Waals surface area contributed by atoms with E-state index in [2.05, 4.69) is 25.3 Å². The Balaban J connectivity index is 1.79. The fraction of sp³-hybridized carbons (Fsp3) is 0.621. The first-order chi connectivity index (χ1) is 18.2. The molecule has 9 heteroatoms. The Kier molecular flexibility index (Phi) is 8.18. The maximum absolute atomic E-state index is 14.5. The van der Waals surface area contributed by atoms with Crippen molar-refractivity contribution in [1.82, 2.24) is 4.90 Å². The van der Waals surface area contributed by atoms with Crippen molar-refractivity contribution < 1.29 is 29.3 Å². The molecule has 3 heterocycles. The van der Waals surface area contributed by atoms with Crippen LogP contribution < -0.4 is 9.80 Å². The van der Waals surface area contributed by atoms with Gasteiger partial charge in [0, 0.05) is 31.0 Å². The number of anilines is 2. The number of carboxylic acids is 1. The Morgan fingerprint density at radius 3 is 2.37 bits per heavy atom. The fourth-order valence-corrected chi connectivity index (χ4v) is 6.86. The van der Waals surface area contributed by atoms with Crippen LogP contribution in [0.15, 0.2) is 36.9 Å². The molecule has 3 aliphatic rings. The van der Waals surface area contributed by atoms with Crippen molar-refractivity contribution in [2.75, 3.05) is 36.0 Å². The Hall–Kier alpha value is -2.91. The van der Waals surface area contributed by atoms with Gasteiger partial charge in [0.15, 0.2) is 0 Å². The largest absolute Gasteiger partial charge is 0.481 e. The van der Waals surface area contributed by atoms with E-state index in [1.807, 2.05) is 38.1 Å². The van der Waals surface area contributed by atoms with Gasteiger partial charge in [-0.2, -0.15) is 0 Å². The van der Waals surface area contributed by atoms with Crippen molar-refractivity contribution in [1.29, 1.82) is 0 Å². The summed E-state index contributed by atoms with van der Waals surface area (Å²) in [7, 11) is 0. The van der Waals surface area contributed by atoms with Crippen molar-refractivity contribution >= 4 is 29.2 Å². The van der Waals surface area contributed by atoms with Crippen molar-refractivity contribution in [3.05, 3.63) is 36.9 Å². The highest BCUT2D eigenvalue weighted by Gasteiger charge is 2.75. The Labute approximate surface area is 225 Å². The highest BCUT2D eigenvalue weighted by molar-refractivity contribution is 6.04. The van der Waals surface area contributed by atoms with Gasteiger partial charge in [-0.3, -0.25) is 14.4 Å². The lowest BCUT2D eigenvalue weighted by molar-refractivity contribution is -0.151. The topological polar surface area (TPSA) is 111 Å². The van der Waals surface area contributed by atoms with Crippen molar-refractivity contribution in [2.45, 2.75) is 70.7 Å². The number of rotatable bonds is 12. The van der Waals surface area contributed by atoms with Crippen LogP contribution in [0.5, 0.6) is 0 Å². The summed E-state index contributed by atoms with van der Waals surface area (Å²) in [6.07, 6.45) is 2.62. The zero-order chi connectivity index (χ0) is 27.8. The van der Waals surface area contributed by atoms with Crippen molar-refractivity contribution in [3.63, 3.8) is 0 Å². The van der Waals surface area contributed by atoms with E-state index in [9.17, 15) is 24.6 Å². The first kappa shape index (κ1) is 28.1. The number of carbonyl (C=O) groups is 3. The zero-order valence-corrected chi connectivity index (χ0v) is 22.9. The smallest absolute Gasteiger partial charge is 0.310 e. The molecule has 0 aliphatic carbocycles. The van der Waals surface area contributed by atoms with Gasteiger partial charge in [0.2, 0.25) is 5.91 Å². The van der Waals surface area contributed by atoms with Crippen LogP contribution in [0.1, 0.15) is 47.0 Å². The van der Waals surface area contributed by atoms with Gasteiger partial charge < -0.3 is 29.6 Å². The number of likely N-dealkylation sites (tertiary alicyclic amines) is 1. The molecule has 3 saturated heterocycles. The quantitative estimate of drug-likeness (QED) is 0.402. The summed E-state index contributed by atoms with van der Waals surface area (Å²) >= 11 is 0. The molecule has 2 unspecified atom stereocenters. The average Bonchev–Trinajstić information content (AvgIpc) is 3.56. The molecule has 4 rings (SSSR count). The summed E-state index contributed by atoms with van der Waals surface area (Å²) in [6.45, 7) is 13.5. The van der Waals surface area contributed by atoms with Gasteiger partial charge in [0.05, 0.1) is 30.6 Å². The second kappa shape index (κ2) is 11.1. The highest BCUT2D eigenvalue weighted by atomic mass is 16.5. The van der Waals surface area contributed by atoms with E-state index in [4.69, 9.17) is 4.74 Å². The molecule has 1 aromatic carbocycles. The monoisotopic (exact) mass is 527 g/mol. The predicted octanol–water partition coefficient (Wildman–Crippen LogP) is 2.92. The zero-order valence-electron chi connectivity index (χ0n) is 22.9. The molecule has 9 nitrogen and oxygen atoms in total. The molecule has 0 saturated carbocycles. The number of nitrogens with zero attached hydrogens (tertiary/aromatic N) is 3. The molecular formula is C29H41N3O6. The first-order valence-electron chi connectivity index (χ1n) is 13.8. The summed E-state index contributed by atoms with van der Waals surface area (Å²) in [4.78, 5) is 46.1. The SMILES string of the molecule is C=CCN(C(=O)C1N([C@@H](CO)[C@@H](C)CC)C(=O)[C@@H]2[C@H](C(=O)O)[C@@H]3CCC12O3)c1ccc(N(CC)CC)cc1. The van der Waals surface area contributed by atoms with Crippen LogP contribution in [0, 0.1) is 17.8 Å². The fourth-order valence-electron chi connectivity index (χ4n) is 6.86. The number of fused-ring (bicyclic) bond motifs is 1. The standard InChI is InChI=1S/C29H41N3O6/c1-6-16-31(20-12-10-19(11-13-20)30(8-3)9-4)27(35)25-29-15-14-22(38-29)23(28(36)37)24(29)26(34)32(25)21(17-33)18(5)7-2/h6,10-13,18,21-25,33H,1,7-9,14-17H2,2-5H3,(H,36,37)/t18-,21-,22-,23+,24-,25?,29?/m0/s1. The molecule has 3 aliphatic heterocycles. The lowest BCUT2D eigenvalue weighted by atomic mass is 9.70. The summed E-state index contributed by atoms with van der Waals surface area (Å²) in [5.74, 6) is -3.90. The lowest BCUT2D eigenvalue weighted by Crippen LogP contribution is -2.60. The molecule has 1 aromatic rings. The van der Waals surface area contributed by atoms with Gasteiger partial charge in [-0.25, -0.2) is 0 Å². The van der Waals surface area contributed by atoms with E-state index in [1.165, 1.54) is 4.90 Å². The first-order valence-corrected chi connectivity index (χ1v) is 13.8. The molecule has 2 bridgehead atoms. The van der Waals surface area contributed by atoms with E-state index in [0.717, 1.165) is 18.8 Å². The van der Waals surface area contributed by atoms with E-state index in [0.29, 0.717) is 24.9 Å². The predicted molar refractivity (Wildman–Crippen MR) is 145 cm³/mol. The number of aliphatic hydroxyl groups is 1. The van der Waals surface area contributed by atoms with E-state index in [-0.39, 0.29) is 25.0 Å². The molecular weight excluding hydrogens is 486 g/mol. The van der Waals surface area contributed by atoms with Gasteiger partial charge in [0.25, 0.3) is 5.91 Å². The minimum Gasteiger partial charge on any atom is -0.481 e. The third-order valence-electron chi connectivity index (χ3n) is 8.97. The normalized spacial score (nSPS) is 29.2. The number of hydrogen-bond acceptors (Lipinski definition) is 6. The number of hydrogen-bond donors (Lipinski definition) is 2. The number of benzene rings is 1. The number of ether oxygens (including phenoxy) is 1. The molecule has 38 heavy (non-hydrogen) atoms. The minimum atomic E-state index is -1.23. The van der Waals surface area contributed by atoms with Crippen molar-refractivity contribution in [3.8, 4) is 0 Å². The second-order valence-electron chi connectivity index (χ2n) is 10.7. The summed E-state index contributed by atoms with van der Waals surface area (Å²) in [5, 5.41) is 20.4. The van der Waals surface area contributed by atoms with Gasteiger partial charge >= 0.3 is 5.97 Å². The Morgan fingerprint density at radius 2 is 1.84 bits per heavy atom. The van der Waals surface area contributed by atoms with Crippen LogP contribution in [-0.4, -0.2) is 82.9 Å². The van der Waals surface area contributed by atoms with Crippen LogP contribution in [0.3, 0.4) is 0 Å². The third kappa shape index (κ3) is 4.29. The number of aliphatic hydroxyl groups excluding tert-OH is 1. The molecule has 7 atom stereocenters. The highest BCUT2D eigenvalue weighted by Crippen LogP contribution is 2.59. The number of aliphatic carboxylic acids is 1. The molecule has 2 amide bonds. The number of carboxylic acid groups (broad SMARTS) is 1. The van der Waals surface area contributed by atoms with Gasteiger partial charge in [-0.05, 0) is 56.9 Å². The Morgan fingerprint density at radius 1 is 1.21 bits per heavy atom. The van der Waals surface area contributed by atoms with Gasteiger partial charge in [-0.1, -0.05) is 26.3 Å². The van der Waals surface area contributed by atoms with Gasteiger partial charge in [-0.15, -0.1) is 6.58 Å². The molecule has 0 aromatic heterocycles. The van der Waals surface area contributed by atoms with E-state index in [1.54, 1.807) is 11.0 Å². The van der Waals surface area contributed by atoms with Crippen molar-refractivity contribution in [2.24, 2.45) is 17.8 Å². The van der Waals surface area contributed by atoms with Crippen LogP contribution >= 0.6 is 0 Å². The summed E-state index contributed by atoms with van der Waals surface area (Å²) < 4.78 is 6.34. The second-order valence-corrected chi connectivity index (χ2v) is 10.7. The van der Waals surface area contributed by atoms with Crippen LogP contribution in [-0.2, 0) is 19.1 Å². The molecule has 2 N–H and O–H groups in total. The van der Waals surface area contributed by atoms with Crippen LogP contribution in [0.2, 0.25) is 0 Å². The summed E-state index contributed by atoms with van der Waals surface area (Å²) in [5.41, 5.74) is 0.466. The average molecular weight is 528 g/mol. The maximum atomic E-state index is 14.5. The maximum Gasteiger partial charge on any atom is 0.310 e. The lowest BCUT2D eigenvalue weighted by Gasteiger charge is -2.41. The Bertz CT molecular complexity index is 1060. The number of carbonyl (C=O) groups excluding carboxylic acids is 2. The van der Waals surface area contributed by atoms with Crippen LogP contribution in [0.25, 0.3) is 0 Å². The van der Waals surface area contributed by atoms with E-state index >= 15 is 0 Å². The molecule has 1 spiro atoms. The molecule has 3 fully saturated rings. The third-order valence-corrected chi connectivity index (χ3v) is 8.97. The molecule has 208 valence electrons. The molecule has 0 radical (unpaired) electrons. The minimum absolute atomic E-state index is 0.101. The van der Waals surface area contributed by atoms with E-state index < -0.39 is 47.5 Å². The van der Waals surface area contributed by atoms with Gasteiger partial charge in [0.1, 0.15) is 11.6 Å². The summed E-state index contributed by atoms with van der Waals surface area (Å²) in [6, 6.07) is 6.04. The number of amides is 2. The van der Waals surface area contributed by atoms with Crippen LogP contribution in [0.4, 0.5) is 11.4 Å².